The van der Waals surface area contributed by atoms with E-state index in [2.05, 4.69) is 0 Å². The van der Waals surface area contributed by atoms with Crippen molar-refractivity contribution >= 4 is 23.2 Å². The molecule has 1 fully saturated rings. The third kappa shape index (κ3) is 3.69. The highest BCUT2D eigenvalue weighted by atomic mass is 35.5. The van der Waals surface area contributed by atoms with Crippen molar-refractivity contribution in [2.75, 3.05) is 19.7 Å². The zero-order chi connectivity index (χ0) is 15.6. The van der Waals surface area contributed by atoms with Crippen molar-refractivity contribution in [3.63, 3.8) is 0 Å². The number of carbonyl (C=O) groups is 1. The van der Waals surface area contributed by atoms with Crippen molar-refractivity contribution in [3.05, 3.63) is 38.9 Å². The molecule has 1 heterocycles. The molecule has 2 atom stereocenters. The molecule has 0 aromatic heterocycles. The van der Waals surface area contributed by atoms with Crippen LogP contribution in [0.4, 0.5) is 5.69 Å². The molecule has 1 saturated heterocycles. The zero-order valence-electron chi connectivity index (χ0n) is 11.5. The Morgan fingerprint density at radius 1 is 1.57 bits per heavy atom. The van der Waals surface area contributed by atoms with E-state index < -0.39 is 4.92 Å². The Morgan fingerprint density at radius 2 is 2.29 bits per heavy atom. The zero-order valence-corrected chi connectivity index (χ0v) is 12.2. The minimum atomic E-state index is -0.577. The van der Waals surface area contributed by atoms with Gasteiger partial charge in [-0.25, -0.2) is 0 Å². The van der Waals surface area contributed by atoms with Gasteiger partial charge in [0, 0.05) is 41.9 Å². The molecule has 21 heavy (non-hydrogen) atoms. The fourth-order valence-electron chi connectivity index (χ4n) is 2.16. The Labute approximate surface area is 126 Å². The summed E-state index contributed by atoms with van der Waals surface area (Å²) in [6, 6.07) is 3.66. The van der Waals surface area contributed by atoms with Crippen LogP contribution in [0, 0.1) is 10.1 Å². The Morgan fingerprint density at radius 3 is 2.90 bits per heavy atom. The summed E-state index contributed by atoms with van der Waals surface area (Å²) in [6.45, 7) is 2.97. The molecule has 8 heteroatoms. The predicted octanol–water partition coefficient (Wildman–Crippen LogP) is 1.44. The first-order chi connectivity index (χ1) is 9.88. The smallest absolute Gasteiger partial charge is 0.271 e. The van der Waals surface area contributed by atoms with Gasteiger partial charge in [-0.15, -0.1) is 0 Å². The van der Waals surface area contributed by atoms with Crippen molar-refractivity contribution in [2.24, 2.45) is 5.73 Å². The monoisotopic (exact) mass is 313 g/mol. The van der Waals surface area contributed by atoms with Gasteiger partial charge in [0.2, 0.25) is 0 Å². The molecule has 1 aromatic rings. The molecule has 2 N–H and O–H groups in total. The van der Waals surface area contributed by atoms with Gasteiger partial charge in [0.15, 0.2) is 0 Å². The molecule has 1 aliphatic heterocycles. The number of nitrogens with zero attached hydrogens (tertiary/aromatic N) is 2. The molecule has 0 spiro atoms. The van der Waals surface area contributed by atoms with Gasteiger partial charge in [0.25, 0.3) is 11.6 Å². The summed E-state index contributed by atoms with van der Waals surface area (Å²) in [7, 11) is 0. The second kappa shape index (κ2) is 6.38. The van der Waals surface area contributed by atoms with Gasteiger partial charge in [-0.3, -0.25) is 14.9 Å². The number of nitro groups is 1. The quantitative estimate of drug-likeness (QED) is 0.672. The Hall–Kier alpha value is -1.70. The summed E-state index contributed by atoms with van der Waals surface area (Å²) in [4.78, 5) is 24.3. The third-order valence-corrected chi connectivity index (χ3v) is 3.53. The van der Waals surface area contributed by atoms with Crippen molar-refractivity contribution in [1.82, 2.24) is 4.90 Å². The van der Waals surface area contributed by atoms with Crippen molar-refractivity contribution < 1.29 is 14.5 Å². The number of carbonyl (C=O) groups excluding carboxylic acids is 1. The number of morpholine rings is 1. The molecular formula is C13H16ClN3O4. The van der Waals surface area contributed by atoms with Crippen LogP contribution in [0.2, 0.25) is 5.02 Å². The third-order valence-electron chi connectivity index (χ3n) is 3.31. The van der Waals surface area contributed by atoms with Crippen LogP contribution in [-0.4, -0.2) is 47.6 Å². The minimum absolute atomic E-state index is 0.157. The first kappa shape index (κ1) is 15.7. The standard InChI is InChI=1S/C13H16ClN3O4/c1-8(15)12-7-16(2-3-21-12)13(18)9-4-10(14)6-11(5-9)17(19)20/h4-6,8,12H,2-3,7,15H2,1H3. The number of nitrogens with two attached hydrogens (primary N) is 1. The predicted molar refractivity (Wildman–Crippen MR) is 77.4 cm³/mol. The lowest BCUT2D eigenvalue weighted by Gasteiger charge is -2.34. The molecule has 1 aliphatic rings. The highest BCUT2D eigenvalue weighted by molar-refractivity contribution is 6.31. The Balaban J connectivity index is 2.21. The van der Waals surface area contributed by atoms with E-state index in [1.807, 2.05) is 6.92 Å². The highest BCUT2D eigenvalue weighted by Gasteiger charge is 2.28. The van der Waals surface area contributed by atoms with Gasteiger partial charge in [-0.2, -0.15) is 0 Å². The van der Waals surface area contributed by atoms with E-state index in [9.17, 15) is 14.9 Å². The average Bonchev–Trinajstić information content (AvgIpc) is 2.45. The lowest BCUT2D eigenvalue weighted by molar-refractivity contribution is -0.384. The van der Waals surface area contributed by atoms with Crippen molar-refractivity contribution in [2.45, 2.75) is 19.1 Å². The van der Waals surface area contributed by atoms with Crippen LogP contribution in [0.25, 0.3) is 0 Å². The molecule has 0 radical (unpaired) electrons. The van der Waals surface area contributed by atoms with Crippen LogP contribution in [0.1, 0.15) is 17.3 Å². The highest BCUT2D eigenvalue weighted by Crippen LogP contribution is 2.22. The first-order valence-corrected chi connectivity index (χ1v) is 6.87. The topological polar surface area (TPSA) is 98.7 Å². The maximum atomic E-state index is 12.4. The minimum Gasteiger partial charge on any atom is -0.373 e. The van der Waals surface area contributed by atoms with Crippen molar-refractivity contribution in [1.29, 1.82) is 0 Å². The lowest BCUT2D eigenvalue weighted by atomic mass is 10.1. The number of halogens is 1. The summed E-state index contributed by atoms with van der Waals surface area (Å²) in [6.07, 6.45) is -0.239. The Kier molecular flexibility index (Phi) is 4.76. The lowest BCUT2D eigenvalue weighted by Crippen LogP contribution is -2.51. The second-order valence-electron chi connectivity index (χ2n) is 4.97. The van der Waals surface area contributed by atoms with E-state index >= 15 is 0 Å². The van der Waals surface area contributed by atoms with Crippen LogP contribution in [0.3, 0.4) is 0 Å². The maximum absolute atomic E-state index is 12.4. The van der Waals surface area contributed by atoms with Crippen LogP contribution in [0.5, 0.6) is 0 Å². The van der Waals surface area contributed by atoms with Crippen LogP contribution >= 0.6 is 11.6 Å². The summed E-state index contributed by atoms with van der Waals surface area (Å²) >= 11 is 5.84. The fraction of sp³-hybridized carbons (Fsp3) is 0.462. The number of nitro benzene ring substituents is 1. The van der Waals surface area contributed by atoms with E-state index in [4.69, 9.17) is 22.1 Å². The normalized spacial score (nSPS) is 20.1. The molecule has 2 unspecified atom stereocenters. The van der Waals surface area contributed by atoms with E-state index in [0.29, 0.717) is 19.7 Å². The fourth-order valence-corrected chi connectivity index (χ4v) is 2.39. The molecule has 1 aromatic carbocycles. The molecule has 1 amide bonds. The van der Waals surface area contributed by atoms with E-state index in [-0.39, 0.29) is 34.3 Å². The van der Waals surface area contributed by atoms with Gasteiger partial charge in [-0.05, 0) is 13.0 Å². The number of amides is 1. The number of hydrogen-bond donors (Lipinski definition) is 1. The van der Waals surface area contributed by atoms with Crippen LogP contribution in [0.15, 0.2) is 18.2 Å². The van der Waals surface area contributed by atoms with Gasteiger partial charge < -0.3 is 15.4 Å². The SMILES string of the molecule is CC(N)C1CN(C(=O)c2cc(Cl)cc([N+](=O)[O-])c2)CCO1. The van der Waals surface area contributed by atoms with E-state index in [1.165, 1.54) is 18.2 Å². The number of benzene rings is 1. The number of ether oxygens (including phenoxy) is 1. The van der Waals surface area contributed by atoms with Crippen molar-refractivity contribution in [3.8, 4) is 0 Å². The molecule has 0 aliphatic carbocycles. The molecule has 7 nitrogen and oxygen atoms in total. The average molecular weight is 314 g/mol. The van der Waals surface area contributed by atoms with Gasteiger partial charge in [0.05, 0.1) is 17.6 Å². The number of non-ortho nitro benzene ring substituents is 1. The largest absolute Gasteiger partial charge is 0.373 e. The van der Waals surface area contributed by atoms with Crippen LogP contribution < -0.4 is 5.73 Å². The molecule has 0 saturated carbocycles. The molecule has 114 valence electrons. The first-order valence-electron chi connectivity index (χ1n) is 6.50. The van der Waals surface area contributed by atoms with Gasteiger partial charge >= 0.3 is 0 Å². The second-order valence-corrected chi connectivity index (χ2v) is 5.41. The Bertz CT molecular complexity index is 564. The van der Waals surface area contributed by atoms with Gasteiger partial charge in [0.1, 0.15) is 0 Å². The van der Waals surface area contributed by atoms with Crippen LogP contribution in [-0.2, 0) is 4.74 Å². The molecule has 0 bridgehead atoms. The van der Waals surface area contributed by atoms with Gasteiger partial charge in [-0.1, -0.05) is 11.6 Å². The molecule has 2 rings (SSSR count). The summed E-state index contributed by atoms with van der Waals surface area (Å²) in [5, 5.41) is 11.0. The summed E-state index contributed by atoms with van der Waals surface area (Å²) in [5.74, 6) is -0.311. The number of rotatable bonds is 3. The summed E-state index contributed by atoms with van der Waals surface area (Å²) < 4.78 is 5.49. The maximum Gasteiger partial charge on any atom is 0.271 e. The van der Waals surface area contributed by atoms with E-state index in [1.54, 1.807) is 4.90 Å². The van der Waals surface area contributed by atoms with E-state index in [0.717, 1.165) is 0 Å². The summed E-state index contributed by atoms with van der Waals surface area (Å²) in [5.41, 5.74) is 5.77. The number of hydrogen-bond acceptors (Lipinski definition) is 5. The molecular weight excluding hydrogens is 298 g/mol.